The van der Waals surface area contributed by atoms with Crippen LogP contribution in [-0.4, -0.2) is 35.5 Å². The Hall–Kier alpha value is -1.29. The van der Waals surface area contributed by atoms with Crippen LogP contribution in [0.4, 0.5) is 10.6 Å². The maximum Gasteiger partial charge on any atom is 0.325 e. The fraction of sp³-hybridized carbons (Fsp3) is 0.500. The molecule has 2 rings (SSSR count). The van der Waals surface area contributed by atoms with E-state index in [0.717, 1.165) is 25.9 Å². The molecule has 0 aliphatic carbocycles. The van der Waals surface area contributed by atoms with Gasteiger partial charge in [0.1, 0.15) is 5.82 Å². The minimum atomic E-state index is 0.0276. The Kier molecular flexibility index (Phi) is 3.84. The highest BCUT2D eigenvalue weighted by Gasteiger charge is 2.24. The zero-order valence-electron chi connectivity index (χ0n) is 9.90. The van der Waals surface area contributed by atoms with Gasteiger partial charge in [0, 0.05) is 30.9 Å². The number of carbonyl (C=O) groups is 1. The molecule has 4 nitrogen and oxygen atoms in total. The molecule has 0 atom stereocenters. The summed E-state index contributed by atoms with van der Waals surface area (Å²) in [6.07, 6.45) is 3.80. The van der Waals surface area contributed by atoms with E-state index >= 15 is 0 Å². The summed E-state index contributed by atoms with van der Waals surface area (Å²) in [5.41, 5.74) is 0. The Labute approximate surface area is 106 Å². The number of rotatable bonds is 2. The third kappa shape index (κ3) is 2.69. The van der Waals surface area contributed by atoms with E-state index < -0.39 is 0 Å². The van der Waals surface area contributed by atoms with Crippen LogP contribution in [-0.2, 0) is 0 Å². The summed E-state index contributed by atoms with van der Waals surface area (Å²) in [6.45, 7) is 4.23. The first-order valence-electron chi connectivity index (χ1n) is 5.90. The maximum atomic E-state index is 12.3. The molecule has 1 aliphatic rings. The van der Waals surface area contributed by atoms with Crippen molar-refractivity contribution >= 4 is 23.4 Å². The smallest absolute Gasteiger partial charge is 0.324 e. The summed E-state index contributed by atoms with van der Waals surface area (Å²) in [5, 5.41) is 0.600. The van der Waals surface area contributed by atoms with Crippen molar-refractivity contribution in [2.75, 3.05) is 24.5 Å². The van der Waals surface area contributed by atoms with Crippen LogP contribution in [0, 0.1) is 0 Å². The Morgan fingerprint density at radius 3 is 2.82 bits per heavy atom. The summed E-state index contributed by atoms with van der Waals surface area (Å²) in [4.78, 5) is 20.0. The van der Waals surface area contributed by atoms with Gasteiger partial charge in [0.25, 0.3) is 0 Å². The lowest BCUT2D eigenvalue weighted by Gasteiger charge is -2.26. The van der Waals surface area contributed by atoms with Crippen LogP contribution in [0.3, 0.4) is 0 Å². The van der Waals surface area contributed by atoms with Crippen molar-refractivity contribution in [3.8, 4) is 0 Å². The van der Waals surface area contributed by atoms with Crippen LogP contribution in [0.2, 0.25) is 5.02 Å². The van der Waals surface area contributed by atoms with E-state index in [1.165, 1.54) is 0 Å². The lowest BCUT2D eigenvalue weighted by atomic mass is 10.4. The van der Waals surface area contributed by atoms with Crippen molar-refractivity contribution in [2.45, 2.75) is 19.8 Å². The van der Waals surface area contributed by atoms with E-state index in [1.54, 1.807) is 23.2 Å². The normalized spacial score (nSPS) is 15.1. The number of pyridine rings is 1. The molecule has 1 saturated heterocycles. The molecule has 1 fully saturated rings. The third-order valence-corrected chi connectivity index (χ3v) is 3.14. The number of halogens is 1. The number of carbonyl (C=O) groups excluding carboxylic acids is 1. The van der Waals surface area contributed by atoms with Gasteiger partial charge in [-0.15, -0.1) is 0 Å². The van der Waals surface area contributed by atoms with Gasteiger partial charge in [-0.1, -0.05) is 11.6 Å². The highest BCUT2D eigenvalue weighted by atomic mass is 35.5. The molecule has 0 N–H and O–H groups in total. The molecule has 5 heteroatoms. The fourth-order valence-corrected chi connectivity index (χ4v) is 2.17. The Bertz CT molecular complexity index is 404. The van der Waals surface area contributed by atoms with Crippen LogP contribution in [0.5, 0.6) is 0 Å². The largest absolute Gasteiger partial charge is 0.325 e. The first kappa shape index (κ1) is 12.2. The summed E-state index contributed by atoms with van der Waals surface area (Å²) < 4.78 is 0. The first-order valence-corrected chi connectivity index (χ1v) is 6.28. The molecule has 0 radical (unpaired) electrons. The Morgan fingerprint density at radius 2 is 2.24 bits per heavy atom. The van der Waals surface area contributed by atoms with Crippen LogP contribution in [0.25, 0.3) is 0 Å². The van der Waals surface area contributed by atoms with Gasteiger partial charge in [0.2, 0.25) is 0 Å². The highest BCUT2D eigenvalue weighted by molar-refractivity contribution is 6.30. The molecule has 92 valence electrons. The molecule has 0 unspecified atom stereocenters. The van der Waals surface area contributed by atoms with Crippen LogP contribution in [0.1, 0.15) is 19.8 Å². The van der Waals surface area contributed by atoms with Crippen molar-refractivity contribution in [1.82, 2.24) is 9.88 Å². The summed E-state index contributed by atoms with van der Waals surface area (Å²) in [6, 6.07) is 3.46. The highest BCUT2D eigenvalue weighted by Crippen LogP contribution is 2.19. The van der Waals surface area contributed by atoms with Gasteiger partial charge in [-0.2, -0.15) is 0 Å². The topological polar surface area (TPSA) is 36.4 Å². The van der Waals surface area contributed by atoms with Gasteiger partial charge in [0.05, 0.1) is 0 Å². The second-order valence-corrected chi connectivity index (χ2v) is 4.49. The maximum absolute atomic E-state index is 12.3. The fourth-order valence-electron chi connectivity index (χ4n) is 2.02. The Morgan fingerprint density at radius 1 is 1.53 bits per heavy atom. The number of amides is 2. The van der Waals surface area contributed by atoms with Crippen molar-refractivity contribution in [1.29, 1.82) is 0 Å². The summed E-state index contributed by atoms with van der Waals surface area (Å²) in [5.74, 6) is 0.622. The molecule has 1 aliphatic heterocycles. The molecule has 0 saturated carbocycles. The number of anilines is 1. The van der Waals surface area contributed by atoms with Gasteiger partial charge in [-0.25, -0.2) is 9.78 Å². The van der Waals surface area contributed by atoms with Gasteiger partial charge < -0.3 is 4.90 Å². The predicted molar refractivity (Wildman–Crippen MR) is 68.5 cm³/mol. The van der Waals surface area contributed by atoms with Crippen molar-refractivity contribution in [3.05, 3.63) is 23.4 Å². The van der Waals surface area contributed by atoms with Crippen LogP contribution in [0.15, 0.2) is 18.3 Å². The summed E-state index contributed by atoms with van der Waals surface area (Å²) >= 11 is 5.92. The number of hydrogen-bond donors (Lipinski definition) is 0. The average molecular weight is 254 g/mol. The van der Waals surface area contributed by atoms with Gasteiger partial charge >= 0.3 is 6.03 Å². The number of likely N-dealkylation sites (tertiary alicyclic amines) is 1. The first-order chi connectivity index (χ1) is 8.22. The molecule has 2 heterocycles. The second kappa shape index (κ2) is 5.36. The minimum Gasteiger partial charge on any atom is -0.324 e. The third-order valence-electron chi connectivity index (χ3n) is 2.91. The zero-order valence-corrected chi connectivity index (χ0v) is 10.7. The molecule has 1 aromatic rings. The molecule has 0 aromatic carbocycles. The standard InChI is InChI=1S/C12H16ClN3O/c1-2-16(11-9-10(13)5-6-14-11)12(17)15-7-3-4-8-15/h5-6,9H,2-4,7-8H2,1H3. The molecular weight excluding hydrogens is 238 g/mol. The zero-order chi connectivity index (χ0) is 12.3. The molecule has 1 aromatic heterocycles. The van der Waals surface area contributed by atoms with E-state index in [4.69, 9.17) is 11.6 Å². The van der Waals surface area contributed by atoms with E-state index in [2.05, 4.69) is 4.98 Å². The molecule has 0 spiro atoms. The lowest BCUT2D eigenvalue weighted by molar-refractivity contribution is 0.215. The predicted octanol–water partition coefficient (Wildman–Crippen LogP) is 2.78. The van der Waals surface area contributed by atoms with Crippen molar-refractivity contribution < 1.29 is 4.79 Å². The average Bonchev–Trinajstić information content (AvgIpc) is 2.83. The van der Waals surface area contributed by atoms with E-state index in [-0.39, 0.29) is 6.03 Å². The molecule has 17 heavy (non-hydrogen) atoms. The Balaban J connectivity index is 2.17. The lowest BCUT2D eigenvalue weighted by Crippen LogP contribution is -2.42. The second-order valence-electron chi connectivity index (χ2n) is 4.05. The molecule has 0 bridgehead atoms. The van der Waals surface area contributed by atoms with Gasteiger partial charge in [-0.05, 0) is 31.9 Å². The number of urea groups is 1. The van der Waals surface area contributed by atoms with Crippen LogP contribution < -0.4 is 4.90 Å². The van der Waals surface area contributed by atoms with Gasteiger partial charge in [-0.3, -0.25) is 4.90 Å². The molecular formula is C12H16ClN3O. The van der Waals surface area contributed by atoms with Crippen LogP contribution >= 0.6 is 11.6 Å². The monoisotopic (exact) mass is 253 g/mol. The summed E-state index contributed by atoms with van der Waals surface area (Å²) in [7, 11) is 0. The number of nitrogens with zero attached hydrogens (tertiary/aromatic N) is 3. The number of aromatic nitrogens is 1. The minimum absolute atomic E-state index is 0.0276. The van der Waals surface area contributed by atoms with E-state index in [0.29, 0.717) is 17.4 Å². The van der Waals surface area contributed by atoms with Gasteiger partial charge in [0.15, 0.2) is 0 Å². The molecule has 2 amide bonds. The SMILES string of the molecule is CCN(C(=O)N1CCCC1)c1cc(Cl)ccn1. The van der Waals surface area contributed by atoms with E-state index in [1.807, 2.05) is 11.8 Å². The van der Waals surface area contributed by atoms with Crippen molar-refractivity contribution in [2.24, 2.45) is 0 Å². The van der Waals surface area contributed by atoms with E-state index in [9.17, 15) is 4.79 Å². The van der Waals surface area contributed by atoms with Crippen molar-refractivity contribution in [3.63, 3.8) is 0 Å². The number of hydrogen-bond acceptors (Lipinski definition) is 2. The quantitative estimate of drug-likeness (QED) is 0.813.